The second kappa shape index (κ2) is 9.85. The number of ether oxygens (including phenoxy) is 2. The molecule has 0 bridgehead atoms. The third-order valence-electron chi connectivity index (χ3n) is 6.73. The zero-order valence-corrected chi connectivity index (χ0v) is 19.1. The van der Waals surface area contributed by atoms with Gasteiger partial charge in [-0.25, -0.2) is 0 Å². The molecule has 0 radical (unpaired) electrons. The summed E-state index contributed by atoms with van der Waals surface area (Å²) >= 11 is 0. The maximum absolute atomic E-state index is 13.1. The Balaban J connectivity index is 1.25. The number of benzene rings is 2. The Hall–Kier alpha value is -3.39. The molecule has 8 nitrogen and oxygen atoms in total. The van der Waals surface area contributed by atoms with Gasteiger partial charge in [-0.15, -0.1) is 0 Å². The van der Waals surface area contributed by atoms with Crippen molar-refractivity contribution in [3.8, 4) is 5.75 Å². The quantitative estimate of drug-likeness (QED) is 0.736. The lowest BCUT2D eigenvalue weighted by Gasteiger charge is -2.26. The highest BCUT2D eigenvalue weighted by atomic mass is 16.5. The van der Waals surface area contributed by atoms with Gasteiger partial charge < -0.3 is 24.6 Å². The van der Waals surface area contributed by atoms with Crippen LogP contribution >= 0.6 is 0 Å². The summed E-state index contributed by atoms with van der Waals surface area (Å²) in [5.74, 6) is 0.468. The average molecular weight is 464 g/mol. The maximum Gasteiger partial charge on any atom is 0.255 e. The van der Waals surface area contributed by atoms with Crippen molar-refractivity contribution >= 4 is 17.7 Å². The van der Waals surface area contributed by atoms with E-state index in [1.54, 1.807) is 15.9 Å². The SMILES string of the molecule is O=C1NCCCC[C@@H]1N1Cc2c(OCc3ccc(C(=O)N4CCOCC4)cc3)cccc2C1=O. The van der Waals surface area contributed by atoms with E-state index < -0.39 is 6.04 Å². The molecule has 1 atom stereocenters. The zero-order chi connectivity index (χ0) is 23.5. The molecule has 0 spiro atoms. The minimum Gasteiger partial charge on any atom is -0.489 e. The fourth-order valence-electron chi connectivity index (χ4n) is 4.79. The highest BCUT2D eigenvalue weighted by Crippen LogP contribution is 2.33. The number of morpholine rings is 1. The predicted octanol–water partition coefficient (Wildman–Crippen LogP) is 2.36. The Kier molecular flexibility index (Phi) is 6.49. The van der Waals surface area contributed by atoms with Gasteiger partial charge in [0.1, 0.15) is 18.4 Å². The Morgan fingerprint density at radius 2 is 1.85 bits per heavy atom. The number of rotatable bonds is 5. The Labute approximate surface area is 198 Å². The monoisotopic (exact) mass is 463 g/mol. The molecule has 5 rings (SSSR count). The van der Waals surface area contributed by atoms with E-state index in [2.05, 4.69) is 5.32 Å². The molecule has 2 aromatic carbocycles. The van der Waals surface area contributed by atoms with Crippen LogP contribution in [0.2, 0.25) is 0 Å². The molecule has 8 heteroatoms. The summed E-state index contributed by atoms with van der Waals surface area (Å²) in [6.07, 6.45) is 2.52. The Morgan fingerprint density at radius 3 is 2.65 bits per heavy atom. The molecule has 0 aromatic heterocycles. The first-order valence-corrected chi connectivity index (χ1v) is 11.9. The van der Waals surface area contributed by atoms with E-state index in [1.807, 2.05) is 36.4 Å². The summed E-state index contributed by atoms with van der Waals surface area (Å²) in [5, 5.41) is 2.92. The van der Waals surface area contributed by atoms with E-state index in [0.29, 0.717) is 69.3 Å². The molecule has 0 aliphatic carbocycles. The van der Waals surface area contributed by atoms with Gasteiger partial charge in [0.05, 0.1) is 19.8 Å². The summed E-state index contributed by atoms with van der Waals surface area (Å²) in [5.41, 5.74) is 3.00. The number of hydrogen-bond donors (Lipinski definition) is 1. The van der Waals surface area contributed by atoms with Crippen molar-refractivity contribution in [2.45, 2.75) is 38.5 Å². The lowest BCUT2D eigenvalue weighted by atomic mass is 10.1. The largest absolute Gasteiger partial charge is 0.489 e. The van der Waals surface area contributed by atoms with Gasteiger partial charge in [-0.05, 0) is 49.1 Å². The zero-order valence-electron chi connectivity index (χ0n) is 19.1. The second-order valence-electron chi connectivity index (χ2n) is 8.91. The van der Waals surface area contributed by atoms with E-state index in [1.165, 1.54) is 0 Å². The molecule has 178 valence electrons. The van der Waals surface area contributed by atoms with Gasteiger partial charge in [0.15, 0.2) is 0 Å². The van der Waals surface area contributed by atoms with Crippen LogP contribution in [0.1, 0.15) is 51.1 Å². The van der Waals surface area contributed by atoms with E-state index in [-0.39, 0.29) is 17.7 Å². The molecular formula is C26H29N3O5. The molecule has 2 fully saturated rings. The topological polar surface area (TPSA) is 88.2 Å². The van der Waals surface area contributed by atoms with Crippen molar-refractivity contribution in [1.29, 1.82) is 0 Å². The third-order valence-corrected chi connectivity index (χ3v) is 6.73. The van der Waals surface area contributed by atoms with Crippen LogP contribution in [0.25, 0.3) is 0 Å². The Morgan fingerprint density at radius 1 is 1.06 bits per heavy atom. The highest BCUT2D eigenvalue weighted by molar-refractivity contribution is 6.01. The molecule has 2 saturated heterocycles. The number of nitrogens with one attached hydrogen (secondary N) is 1. The highest BCUT2D eigenvalue weighted by Gasteiger charge is 2.38. The molecule has 34 heavy (non-hydrogen) atoms. The van der Waals surface area contributed by atoms with Gasteiger partial charge in [0.25, 0.3) is 11.8 Å². The van der Waals surface area contributed by atoms with Crippen molar-refractivity contribution in [3.63, 3.8) is 0 Å². The van der Waals surface area contributed by atoms with Gasteiger partial charge in [-0.3, -0.25) is 14.4 Å². The predicted molar refractivity (Wildman–Crippen MR) is 124 cm³/mol. The van der Waals surface area contributed by atoms with E-state index in [4.69, 9.17) is 9.47 Å². The third kappa shape index (κ3) is 4.50. The summed E-state index contributed by atoms with van der Waals surface area (Å²) in [6, 6.07) is 12.5. The normalized spacial score (nSPS) is 20.5. The minimum atomic E-state index is -0.438. The van der Waals surface area contributed by atoms with Crippen LogP contribution in [0.5, 0.6) is 5.75 Å². The van der Waals surface area contributed by atoms with Crippen LogP contribution in [0.3, 0.4) is 0 Å². The fourth-order valence-corrected chi connectivity index (χ4v) is 4.79. The first-order chi connectivity index (χ1) is 16.6. The smallest absolute Gasteiger partial charge is 0.255 e. The van der Waals surface area contributed by atoms with Crippen molar-refractivity contribution in [2.24, 2.45) is 0 Å². The number of carbonyl (C=O) groups excluding carboxylic acids is 3. The number of carbonyl (C=O) groups is 3. The number of hydrogen-bond acceptors (Lipinski definition) is 5. The summed E-state index contributed by atoms with van der Waals surface area (Å²) in [4.78, 5) is 41.7. The number of fused-ring (bicyclic) bond motifs is 1. The van der Waals surface area contributed by atoms with Gasteiger partial charge in [0, 0.05) is 36.3 Å². The Bertz CT molecular complexity index is 1080. The van der Waals surface area contributed by atoms with Crippen LogP contribution in [0.15, 0.2) is 42.5 Å². The van der Waals surface area contributed by atoms with Crippen molar-refractivity contribution in [2.75, 3.05) is 32.8 Å². The van der Waals surface area contributed by atoms with Crippen molar-refractivity contribution in [3.05, 3.63) is 64.7 Å². The second-order valence-corrected chi connectivity index (χ2v) is 8.91. The van der Waals surface area contributed by atoms with Crippen molar-refractivity contribution < 1.29 is 23.9 Å². The molecule has 0 unspecified atom stereocenters. The van der Waals surface area contributed by atoms with Crippen LogP contribution in [-0.4, -0.2) is 66.4 Å². The van der Waals surface area contributed by atoms with Crippen LogP contribution in [0.4, 0.5) is 0 Å². The van der Waals surface area contributed by atoms with Crippen molar-refractivity contribution in [1.82, 2.24) is 15.1 Å². The van der Waals surface area contributed by atoms with Crippen LogP contribution < -0.4 is 10.1 Å². The molecule has 3 amide bonds. The fraction of sp³-hybridized carbons (Fsp3) is 0.423. The summed E-state index contributed by atoms with van der Waals surface area (Å²) in [7, 11) is 0. The first-order valence-electron chi connectivity index (χ1n) is 11.9. The van der Waals surface area contributed by atoms with Gasteiger partial charge >= 0.3 is 0 Å². The first kappa shape index (κ1) is 22.4. The molecule has 3 heterocycles. The number of nitrogens with zero attached hydrogens (tertiary/aromatic N) is 2. The molecular weight excluding hydrogens is 434 g/mol. The molecule has 0 saturated carbocycles. The van der Waals surface area contributed by atoms with Gasteiger partial charge in [-0.2, -0.15) is 0 Å². The van der Waals surface area contributed by atoms with E-state index in [9.17, 15) is 14.4 Å². The summed E-state index contributed by atoms with van der Waals surface area (Å²) < 4.78 is 11.4. The van der Waals surface area contributed by atoms with Crippen LogP contribution in [0, 0.1) is 0 Å². The lowest BCUT2D eigenvalue weighted by Crippen LogP contribution is -2.45. The maximum atomic E-state index is 13.1. The molecule has 2 aromatic rings. The summed E-state index contributed by atoms with van der Waals surface area (Å²) in [6.45, 7) is 3.72. The van der Waals surface area contributed by atoms with E-state index >= 15 is 0 Å². The molecule has 3 aliphatic heterocycles. The lowest BCUT2D eigenvalue weighted by molar-refractivity contribution is -0.125. The standard InChI is InChI=1S/C26H29N3O5/c30-24-22(5-1-2-11-27-24)29-16-21-20(26(29)32)4-3-6-23(21)34-17-18-7-9-19(10-8-18)25(31)28-12-14-33-15-13-28/h3-4,6-10,22H,1-2,5,11-17H2,(H,27,30)/t22-/m0/s1. The van der Waals surface area contributed by atoms with Gasteiger partial charge in [0.2, 0.25) is 5.91 Å². The molecule has 3 aliphatic rings. The van der Waals surface area contributed by atoms with Crippen LogP contribution in [-0.2, 0) is 22.7 Å². The van der Waals surface area contributed by atoms with E-state index in [0.717, 1.165) is 24.0 Å². The van der Waals surface area contributed by atoms with Gasteiger partial charge in [-0.1, -0.05) is 18.2 Å². The number of amides is 3. The molecule has 1 N–H and O–H groups in total. The minimum absolute atomic E-state index is 0.0119. The average Bonchev–Trinajstić information content (AvgIpc) is 3.06.